The summed E-state index contributed by atoms with van der Waals surface area (Å²) >= 11 is 13.2. The number of rotatable bonds is 6. The normalized spacial score (nSPS) is 18.0. The monoisotopic (exact) mass is 416 g/mol. The van der Waals surface area contributed by atoms with Gasteiger partial charge < -0.3 is 10.1 Å². The minimum atomic E-state index is -0.497. The second-order valence-corrected chi connectivity index (χ2v) is 8.00. The lowest BCUT2D eigenvalue weighted by Gasteiger charge is -2.14. The third kappa shape index (κ3) is 4.43. The van der Waals surface area contributed by atoms with Crippen LogP contribution in [0.1, 0.15) is 19.8 Å². The van der Waals surface area contributed by atoms with Crippen LogP contribution in [0, 0.1) is 0 Å². The number of aromatic amines is 1. The van der Waals surface area contributed by atoms with Crippen LogP contribution in [0.3, 0.4) is 0 Å². The number of ether oxygens (including phenoxy) is 1. The highest BCUT2D eigenvalue weighted by Gasteiger charge is 2.23. The molecule has 0 aliphatic carbocycles. The smallest absolute Gasteiger partial charge is 0.344 e. The summed E-state index contributed by atoms with van der Waals surface area (Å²) in [6.07, 6.45) is 1.89. The number of H-pyrrole nitrogens is 1. The Morgan fingerprint density at radius 1 is 1.54 bits per heavy atom. The molecule has 7 nitrogen and oxygen atoms in total. The Labute approximate surface area is 164 Å². The first-order chi connectivity index (χ1) is 12.5. The lowest BCUT2D eigenvalue weighted by molar-refractivity contribution is -0.115. The van der Waals surface area contributed by atoms with Crippen molar-refractivity contribution in [3.05, 3.63) is 38.7 Å². The van der Waals surface area contributed by atoms with Gasteiger partial charge in [-0.25, -0.2) is 9.89 Å². The predicted octanol–water partition coefficient (Wildman–Crippen LogP) is 3.18. The van der Waals surface area contributed by atoms with Crippen molar-refractivity contribution in [2.45, 2.75) is 42.8 Å². The van der Waals surface area contributed by atoms with E-state index in [9.17, 15) is 9.59 Å². The van der Waals surface area contributed by atoms with Crippen LogP contribution in [0.2, 0.25) is 10.0 Å². The predicted molar refractivity (Wildman–Crippen MR) is 102 cm³/mol. The molecule has 0 radical (unpaired) electrons. The molecule has 140 valence electrons. The van der Waals surface area contributed by atoms with E-state index in [1.165, 1.54) is 16.3 Å². The molecule has 3 rings (SSSR count). The quantitative estimate of drug-likeness (QED) is 0.705. The number of nitrogens with one attached hydrogen (secondary N) is 2. The van der Waals surface area contributed by atoms with Gasteiger partial charge in [0.1, 0.15) is 0 Å². The summed E-state index contributed by atoms with van der Waals surface area (Å²) in [4.78, 5) is 24.5. The highest BCUT2D eigenvalue weighted by atomic mass is 35.5. The van der Waals surface area contributed by atoms with Crippen LogP contribution in [0.25, 0.3) is 0 Å². The molecule has 0 saturated carbocycles. The van der Waals surface area contributed by atoms with Crippen molar-refractivity contribution in [2.75, 3.05) is 11.9 Å². The summed E-state index contributed by atoms with van der Waals surface area (Å²) in [6.45, 7) is 2.86. The fourth-order valence-corrected chi connectivity index (χ4v) is 3.81. The lowest BCUT2D eigenvalue weighted by atomic mass is 10.2. The minimum absolute atomic E-state index is 0.000880. The van der Waals surface area contributed by atoms with Crippen molar-refractivity contribution in [3.63, 3.8) is 0 Å². The molecular formula is C16H18Cl2N4O3S. The second kappa shape index (κ2) is 8.47. The standard InChI is InChI=1S/C16H18Cl2N4O3S/c1-9(14(23)19-12-6-2-5-11(17)13(12)18)26-16-21-20-15(24)22(16)8-10-4-3-7-25-10/h2,5-6,9-10H,3-4,7-8H2,1H3,(H,19,23)(H,20,24). The average molecular weight is 417 g/mol. The molecule has 2 unspecified atom stereocenters. The summed E-state index contributed by atoms with van der Waals surface area (Å²) in [6, 6.07) is 5.02. The maximum absolute atomic E-state index is 12.5. The van der Waals surface area contributed by atoms with Crippen LogP contribution >= 0.6 is 35.0 Å². The van der Waals surface area contributed by atoms with Crippen molar-refractivity contribution in [3.8, 4) is 0 Å². The molecule has 1 aromatic carbocycles. The van der Waals surface area contributed by atoms with E-state index in [2.05, 4.69) is 15.5 Å². The second-order valence-electron chi connectivity index (χ2n) is 5.91. The summed E-state index contributed by atoms with van der Waals surface area (Å²) in [5.74, 6) is -0.265. The fourth-order valence-electron chi connectivity index (χ4n) is 2.59. The number of benzene rings is 1. The van der Waals surface area contributed by atoms with Gasteiger partial charge in [0.2, 0.25) is 5.91 Å². The van der Waals surface area contributed by atoms with E-state index in [1.807, 2.05) is 0 Å². The largest absolute Gasteiger partial charge is 0.376 e. The highest BCUT2D eigenvalue weighted by Crippen LogP contribution is 2.30. The first-order valence-corrected chi connectivity index (χ1v) is 9.77. The zero-order valence-corrected chi connectivity index (χ0v) is 16.3. The number of aromatic nitrogens is 3. The van der Waals surface area contributed by atoms with Gasteiger partial charge in [0.05, 0.1) is 33.6 Å². The topological polar surface area (TPSA) is 89.0 Å². The van der Waals surface area contributed by atoms with Gasteiger partial charge in [-0.3, -0.25) is 9.36 Å². The third-order valence-corrected chi connectivity index (χ3v) is 5.90. The third-order valence-electron chi connectivity index (χ3n) is 3.99. The SMILES string of the molecule is CC(Sc1n[nH]c(=O)n1CC1CCCO1)C(=O)Nc1cccc(Cl)c1Cl. The van der Waals surface area contributed by atoms with Gasteiger partial charge in [-0.1, -0.05) is 41.0 Å². The Morgan fingerprint density at radius 2 is 2.35 bits per heavy atom. The molecule has 0 bridgehead atoms. The number of nitrogens with zero attached hydrogens (tertiary/aromatic N) is 2. The van der Waals surface area contributed by atoms with E-state index in [0.717, 1.165) is 12.8 Å². The van der Waals surface area contributed by atoms with Crippen molar-refractivity contribution in [2.24, 2.45) is 0 Å². The molecule has 2 heterocycles. The lowest BCUT2D eigenvalue weighted by Crippen LogP contribution is -2.27. The Hall–Kier alpha value is -1.48. The molecular weight excluding hydrogens is 399 g/mol. The first-order valence-electron chi connectivity index (χ1n) is 8.14. The molecule has 26 heavy (non-hydrogen) atoms. The summed E-state index contributed by atoms with van der Waals surface area (Å²) in [7, 11) is 0. The number of hydrogen-bond donors (Lipinski definition) is 2. The van der Waals surface area contributed by atoms with Crippen molar-refractivity contribution >= 4 is 46.6 Å². The van der Waals surface area contributed by atoms with Crippen LogP contribution in [0.15, 0.2) is 28.2 Å². The van der Waals surface area contributed by atoms with E-state index < -0.39 is 5.25 Å². The number of carbonyl (C=O) groups excluding carboxylic acids is 1. The van der Waals surface area contributed by atoms with Gasteiger partial charge in [-0.05, 0) is 31.9 Å². The Bertz CT molecular complexity index is 848. The van der Waals surface area contributed by atoms with Gasteiger partial charge in [0.15, 0.2) is 5.16 Å². The Balaban J connectivity index is 1.67. The Morgan fingerprint density at radius 3 is 3.08 bits per heavy atom. The van der Waals surface area contributed by atoms with Crippen LogP contribution < -0.4 is 11.0 Å². The molecule has 1 saturated heterocycles. The van der Waals surface area contributed by atoms with E-state index in [-0.39, 0.29) is 22.7 Å². The zero-order valence-electron chi connectivity index (χ0n) is 14.0. The van der Waals surface area contributed by atoms with Crippen molar-refractivity contribution < 1.29 is 9.53 Å². The van der Waals surface area contributed by atoms with E-state index >= 15 is 0 Å². The zero-order chi connectivity index (χ0) is 18.7. The summed E-state index contributed by atoms with van der Waals surface area (Å²) in [5, 5.41) is 9.80. The van der Waals surface area contributed by atoms with Crippen molar-refractivity contribution in [1.29, 1.82) is 0 Å². The highest BCUT2D eigenvalue weighted by molar-refractivity contribution is 8.00. The summed E-state index contributed by atoms with van der Waals surface area (Å²) in [5.41, 5.74) is 0.129. The fraction of sp³-hybridized carbons (Fsp3) is 0.438. The Kier molecular flexibility index (Phi) is 6.29. The molecule has 0 spiro atoms. The van der Waals surface area contributed by atoms with Crippen LogP contribution in [-0.2, 0) is 16.1 Å². The minimum Gasteiger partial charge on any atom is -0.376 e. The van der Waals surface area contributed by atoms with E-state index in [0.29, 0.717) is 29.0 Å². The van der Waals surface area contributed by atoms with Crippen LogP contribution in [0.5, 0.6) is 0 Å². The van der Waals surface area contributed by atoms with Gasteiger partial charge in [0.25, 0.3) is 0 Å². The van der Waals surface area contributed by atoms with E-state index in [1.54, 1.807) is 25.1 Å². The molecule has 1 amide bonds. The molecule has 1 aliphatic heterocycles. The molecule has 2 aromatic rings. The first kappa shape index (κ1) is 19.3. The van der Waals surface area contributed by atoms with Crippen molar-refractivity contribution in [1.82, 2.24) is 14.8 Å². The maximum Gasteiger partial charge on any atom is 0.344 e. The summed E-state index contributed by atoms with van der Waals surface area (Å²) < 4.78 is 7.09. The molecule has 1 fully saturated rings. The maximum atomic E-state index is 12.5. The average Bonchev–Trinajstić information content (AvgIpc) is 3.24. The molecule has 1 aromatic heterocycles. The van der Waals surface area contributed by atoms with Gasteiger partial charge in [-0.15, -0.1) is 5.10 Å². The molecule has 2 N–H and O–H groups in total. The molecule has 1 aliphatic rings. The number of hydrogen-bond acceptors (Lipinski definition) is 5. The van der Waals surface area contributed by atoms with Gasteiger partial charge in [0, 0.05) is 6.61 Å². The van der Waals surface area contributed by atoms with Crippen LogP contribution in [0.4, 0.5) is 5.69 Å². The van der Waals surface area contributed by atoms with E-state index in [4.69, 9.17) is 27.9 Å². The van der Waals surface area contributed by atoms with Crippen LogP contribution in [-0.4, -0.2) is 38.6 Å². The number of anilines is 1. The number of halogens is 2. The molecule has 2 atom stereocenters. The number of thioether (sulfide) groups is 1. The van der Waals surface area contributed by atoms with Gasteiger partial charge >= 0.3 is 5.69 Å². The number of amides is 1. The number of carbonyl (C=O) groups is 1. The van der Waals surface area contributed by atoms with Gasteiger partial charge in [-0.2, -0.15) is 0 Å². The molecule has 10 heteroatoms.